The minimum absolute atomic E-state index is 0.156. The molecule has 0 aliphatic carbocycles. The summed E-state index contributed by atoms with van der Waals surface area (Å²) in [4.78, 5) is 0. The van der Waals surface area contributed by atoms with Crippen molar-refractivity contribution in [1.82, 2.24) is 5.32 Å². The molecule has 0 heterocycles. The van der Waals surface area contributed by atoms with Gasteiger partial charge in [-0.1, -0.05) is 30.3 Å². The second-order valence-electron chi connectivity index (χ2n) is 4.26. The van der Waals surface area contributed by atoms with Gasteiger partial charge in [-0.3, -0.25) is 0 Å². The Balaban J connectivity index is 2.19. The molecule has 108 valence electrons. The fourth-order valence-electron chi connectivity index (χ4n) is 1.84. The highest BCUT2D eigenvalue weighted by atomic mass is 16.7. The molecule has 0 saturated heterocycles. The summed E-state index contributed by atoms with van der Waals surface area (Å²) in [5, 5.41) is 13.2. The molecule has 1 unspecified atom stereocenters. The molecule has 0 amide bonds. The largest absolute Gasteiger partial charge is 0.387 e. The van der Waals surface area contributed by atoms with E-state index in [1.165, 1.54) is 0 Å². The van der Waals surface area contributed by atoms with E-state index in [-0.39, 0.29) is 6.29 Å². The maximum Gasteiger partial charge on any atom is 0.158 e. The van der Waals surface area contributed by atoms with E-state index in [0.29, 0.717) is 19.8 Å². The van der Waals surface area contributed by atoms with Crippen LogP contribution < -0.4 is 5.32 Å². The van der Waals surface area contributed by atoms with Crippen molar-refractivity contribution in [3.8, 4) is 0 Å². The van der Waals surface area contributed by atoms with Crippen molar-refractivity contribution < 1.29 is 14.6 Å². The van der Waals surface area contributed by atoms with Gasteiger partial charge in [0, 0.05) is 32.7 Å². The van der Waals surface area contributed by atoms with Crippen LogP contribution in [0.25, 0.3) is 0 Å². The summed E-state index contributed by atoms with van der Waals surface area (Å²) in [6, 6.07) is 9.65. The molecule has 1 rings (SSSR count). The minimum Gasteiger partial charge on any atom is -0.387 e. The van der Waals surface area contributed by atoms with E-state index in [2.05, 4.69) is 5.32 Å². The first kappa shape index (κ1) is 16.1. The number of hydrogen-bond acceptors (Lipinski definition) is 4. The predicted molar refractivity (Wildman–Crippen MR) is 75.9 cm³/mol. The van der Waals surface area contributed by atoms with Gasteiger partial charge in [-0.05, 0) is 19.4 Å². The molecule has 0 bridgehead atoms. The normalized spacial score (nSPS) is 12.8. The smallest absolute Gasteiger partial charge is 0.158 e. The average molecular weight is 267 g/mol. The highest BCUT2D eigenvalue weighted by Gasteiger charge is 2.09. The van der Waals surface area contributed by atoms with E-state index in [9.17, 15) is 5.11 Å². The van der Waals surface area contributed by atoms with Crippen LogP contribution in [-0.4, -0.2) is 37.7 Å². The third-order valence-corrected chi connectivity index (χ3v) is 2.78. The van der Waals surface area contributed by atoms with E-state index >= 15 is 0 Å². The maximum atomic E-state index is 9.97. The molecule has 0 aliphatic rings. The lowest BCUT2D eigenvalue weighted by Crippen LogP contribution is -2.27. The zero-order chi connectivity index (χ0) is 13.9. The van der Waals surface area contributed by atoms with Crippen LogP contribution in [0.2, 0.25) is 0 Å². The average Bonchev–Trinajstić information content (AvgIpc) is 2.44. The number of hydrogen-bond donors (Lipinski definition) is 2. The Labute approximate surface area is 115 Å². The number of benzene rings is 1. The molecule has 4 nitrogen and oxygen atoms in total. The molecule has 4 heteroatoms. The van der Waals surface area contributed by atoms with Crippen LogP contribution in [0.4, 0.5) is 0 Å². The summed E-state index contributed by atoms with van der Waals surface area (Å²) in [6.45, 7) is 6.51. The second kappa shape index (κ2) is 9.92. The van der Waals surface area contributed by atoms with Gasteiger partial charge in [0.1, 0.15) is 0 Å². The topological polar surface area (TPSA) is 50.7 Å². The Kier molecular flexibility index (Phi) is 8.41. The summed E-state index contributed by atoms with van der Waals surface area (Å²) in [5.41, 5.74) is 0.932. The molecule has 2 N–H and O–H groups in total. The van der Waals surface area contributed by atoms with E-state index in [1.807, 2.05) is 44.2 Å². The van der Waals surface area contributed by atoms with Crippen molar-refractivity contribution in [2.24, 2.45) is 0 Å². The molecule has 1 aromatic carbocycles. The highest BCUT2D eigenvalue weighted by molar-refractivity contribution is 5.17. The first-order valence-corrected chi connectivity index (χ1v) is 6.94. The molecular weight excluding hydrogens is 242 g/mol. The molecule has 0 saturated carbocycles. The quantitative estimate of drug-likeness (QED) is 0.503. The molecule has 0 fully saturated rings. The Hall–Kier alpha value is -0.940. The Bertz CT molecular complexity index is 312. The summed E-state index contributed by atoms with van der Waals surface area (Å²) < 4.78 is 10.9. The van der Waals surface area contributed by atoms with Crippen molar-refractivity contribution in [3.05, 3.63) is 35.9 Å². The highest BCUT2D eigenvalue weighted by Crippen LogP contribution is 2.10. The molecule has 19 heavy (non-hydrogen) atoms. The Morgan fingerprint density at radius 1 is 1.11 bits per heavy atom. The SMILES string of the molecule is CCOC(CCNCC(O)c1ccccc1)OCC. The third kappa shape index (κ3) is 6.68. The maximum absolute atomic E-state index is 9.97. The van der Waals surface area contributed by atoms with E-state index in [0.717, 1.165) is 18.5 Å². The van der Waals surface area contributed by atoms with Crippen LogP contribution in [0.5, 0.6) is 0 Å². The monoisotopic (exact) mass is 267 g/mol. The van der Waals surface area contributed by atoms with Crippen LogP contribution in [0.15, 0.2) is 30.3 Å². The van der Waals surface area contributed by atoms with Gasteiger partial charge in [0.15, 0.2) is 6.29 Å². The van der Waals surface area contributed by atoms with E-state index < -0.39 is 6.10 Å². The summed E-state index contributed by atoms with van der Waals surface area (Å²) in [7, 11) is 0. The lowest BCUT2D eigenvalue weighted by Gasteiger charge is -2.18. The van der Waals surface area contributed by atoms with Gasteiger partial charge in [0.05, 0.1) is 6.10 Å². The van der Waals surface area contributed by atoms with Crippen LogP contribution >= 0.6 is 0 Å². The number of rotatable bonds is 10. The van der Waals surface area contributed by atoms with Crippen LogP contribution in [0.3, 0.4) is 0 Å². The lowest BCUT2D eigenvalue weighted by atomic mass is 10.1. The number of aliphatic hydroxyl groups is 1. The lowest BCUT2D eigenvalue weighted by molar-refractivity contribution is -0.138. The van der Waals surface area contributed by atoms with E-state index in [1.54, 1.807) is 0 Å². The van der Waals surface area contributed by atoms with Crippen LogP contribution in [0.1, 0.15) is 31.9 Å². The second-order valence-corrected chi connectivity index (χ2v) is 4.26. The Morgan fingerprint density at radius 2 is 1.74 bits per heavy atom. The molecule has 1 aromatic rings. The fourth-order valence-corrected chi connectivity index (χ4v) is 1.84. The first-order chi connectivity index (χ1) is 9.27. The zero-order valence-corrected chi connectivity index (χ0v) is 11.8. The standard InChI is InChI=1S/C15H25NO3/c1-3-18-15(19-4-2)10-11-16-12-14(17)13-8-6-5-7-9-13/h5-9,14-17H,3-4,10-12H2,1-2H3. The van der Waals surface area contributed by atoms with Gasteiger partial charge in [0.25, 0.3) is 0 Å². The minimum atomic E-state index is -0.473. The number of aliphatic hydroxyl groups excluding tert-OH is 1. The summed E-state index contributed by atoms with van der Waals surface area (Å²) in [5.74, 6) is 0. The van der Waals surface area contributed by atoms with E-state index in [4.69, 9.17) is 9.47 Å². The van der Waals surface area contributed by atoms with Gasteiger partial charge in [-0.15, -0.1) is 0 Å². The van der Waals surface area contributed by atoms with Crippen molar-refractivity contribution in [2.45, 2.75) is 32.7 Å². The molecule has 0 spiro atoms. The van der Waals surface area contributed by atoms with Gasteiger partial charge in [0.2, 0.25) is 0 Å². The predicted octanol–water partition coefficient (Wildman–Crippen LogP) is 2.10. The van der Waals surface area contributed by atoms with Gasteiger partial charge >= 0.3 is 0 Å². The van der Waals surface area contributed by atoms with Gasteiger partial charge in [-0.25, -0.2) is 0 Å². The van der Waals surface area contributed by atoms with Crippen molar-refractivity contribution in [3.63, 3.8) is 0 Å². The third-order valence-electron chi connectivity index (χ3n) is 2.78. The zero-order valence-electron chi connectivity index (χ0n) is 11.8. The number of nitrogens with one attached hydrogen (secondary N) is 1. The van der Waals surface area contributed by atoms with Gasteiger partial charge < -0.3 is 19.9 Å². The first-order valence-electron chi connectivity index (χ1n) is 6.94. The van der Waals surface area contributed by atoms with Crippen molar-refractivity contribution >= 4 is 0 Å². The summed E-state index contributed by atoms with van der Waals surface area (Å²) in [6.07, 6.45) is 0.152. The van der Waals surface area contributed by atoms with Crippen molar-refractivity contribution in [2.75, 3.05) is 26.3 Å². The van der Waals surface area contributed by atoms with Crippen molar-refractivity contribution in [1.29, 1.82) is 0 Å². The molecule has 0 aromatic heterocycles. The molecule has 1 atom stereocenters. The summed E-state index contributed by atoms with van der Waals surface area (Å²) >= 11 is 0. The van der Waals surface area contributed by atoms with Crippen LogP contribution in [-0.2, 0) is 9.47 Å². The van der Waals surface area contributed by atoms with Gasteiger partial charge in [-0.2, -0.15) is 0 Å². The number of ether oxygens (including phenoxy) is 2. The fraction of sp³-hybridized carbons (Fsp3) is 0.600. The molecule has 0 aliphatic heterocycles. The Morgan fingerprint density at radius 3 is 2.32 bits per heavy atom. The van der Waals surface area contributed by atoms with Crippen LogP contribution in [0, 0.1) is 0 Å². The molecular formula is C15H25NO3. The molecule has 0 radical (unpaired) electrons.